The average Bonchev–Trinajstić information content (AvgIpc) is 3.35. The molecule has 1 aromatic heterocycles. The molecule has 0 atom stereocenters. The summed E-state index contributed by atoms with van der Waals surface area (Å²) in [5.41, 5.74) is 1.37. The molecular weight excluding hydrogens is 522 g/mol. The number of hydrogen-bond acceptors (Lipinski definition) is 7. The van der Waals surface area contributed by atoms with E-state index in [0.717, 1.165) is 18.2 Å². The number of aliphatic hydroxyl groups excluding tert-OH is 1. The molecule has 0 aliphatic heterocycles. The van der Waals surface area contributed by atoms with Crippen LogP contribution in [0.2, 0.25) is 0 Å². The lowest BCUT2D eigenvalue weighted by Gasteiger charge is -2.12. The maximum Gasteiger partial charge on any atom is 0.343 e. The molecule has 1 N–H and O–H groups in total. The fraction of sp³-hybridized carbons (Fsp3) is 0.129. The van der Waals surface area contributed by atoms with Gasteiger partial charge in [-0.05, 0) is 65.7 Å². The van der Waals surface area contributed by atoms with Gasteiger partial charge in [0, 0.05) is 17.0 Å². The number of carbonyl (C=O) groups excluding carboxylic acids is 1. The minimum atomic E-state index is -0.806. The van der Waals surface area contributed by atoms with Gasteiger partial charge in [0.15, 0.2) is 22.8 Å². The third kappa shape index (κ3) is 5.45. The van der Waals surface area contributed by atoms with E-state index in [9.17, 15) is 18.7 Å². The van der Waals surface area contributed by atoms with Crippen molar-refractivity contribution in [3.05, 3.63) is 107 Å². The van der Waals surface area contributed by atoms with Crippen LogP contribution in [-0.4, -0.2) is 25.3 Å². The molecule has 7 nitrogen and oxygen atoms in total. The summed E-state index contributed by atoms with van der Waals surface area (Å²) >= 11 is 0. The highest BCUT2D eigenvalue weighted by Gasteiger charge is 2.27. The van der Waals surface area contributed by atoms with E-state index in [-0.39, 0.29) is 35.7 Å². The predicted octanol–water partition coefficient (Wildman–Crippen LogP) is 7.04. The number of para-hydroxylation sites is 1. The van der Waals surface area contributed by atoms with Gasteiger partial charge in [0.05, 0.1) is 20.8 Å². The molecule has 40 heavy (non-hydrogen) atoms. The molecule has 0 spiro atoms. The molecule has 0 aliphatic carbocycles. The summed E-state index contributed by atoms with van der Waals surface area (Å²) in [5.74, 6) is -0.528. The van der Waals surface area contributed by atoms with Crippen molar-refractivity contribution in [1.82, 2.24) is 0 Å². The molecule has 5 rings (SSSR count). The highest BCUT2D eigenvalue weighted by atomic mass is 19.1. The maximum atomic E-state index is 13.7. The highest BCUT2D eigenvalue weighted by Crippen LogP contribution is 2.42. The lowest BCUT2D eigenvalue weighted by atomic mass is 10.0. The Bertz CT molecular complexity index is 1660. The number of carbonyl (C=O) groups is 1. The number of aliphatic hydroxyl groups is 1. The fourth-order valence-corrected chi connectivity index (χ4v) is 4.30. The SMILES string of the molecule is COc1cc(-c2oc3c(OC)cc(CO)cc3c2C(=O)OCc2cc(F)cc(F)c2)ccc1Oc1ccccc1. The minimum absolute atomic E-state index is 0.0410. The Hall–Kier alpha value is -4.89. The molecule has 0 bridgehead atoms. The molecule has 9 heteroatoms. The summed E-state index contributed by atoms with van der Waals surface area (Å²) < 4.78 is 55.9. The highest BCUT2D eigenvalue weighted by molar-refractivity contribution is 6.10. The van der Waals surface area contributed by atoms with Crippen LogP contribution in [0, 0.1) is 11.6 Å². The van der Waals surface area contributed by atoms with Gasteiger partial charge in [-0.2, -0.15) is 0 Å². The Morgan fingerprint density at radius 2 is 1.55 bits per heavy atom. The van der Waals surface area contributed by atoms with Crippen LogP contribution in [0.3, 0.4) is 0 Å². The number of rotatable bonds is 9. The molecule has 0 fully saturated rings. The average molecular weight is 547 g/mol. The van der Waals surface area contributed by atoms with Crippen LogP contribution in [0.1, 0.15) is 21.5 Å². The number of fused-ring (bicyclic) bond motifs is 1. The first-order chi connectivity index (χ1) is 19.4. The maximum absolute atomic E-state index is 13.7. The van der Waals surface area contributed by atoms with Crippen LogP contribution >= 0.6 is 0 Å². The topological polar surface area (TPSA) is 87.4 Å². The lowest BCUT2D eigenvalue weighted by Crippen LogP contribution is -2.07. The second-order valence-electron chi connectivity index (χ2n) is 8.77. The quantitative estimate of drug-likeness (QED) is 0.199. The smallest absolute Gasteiger partial charge is 0.343 e. The molecular formula is C31H24F2O7. The fourth-order valence-electron chi connectivity index (χ4n) is 4.30. The molecule has 204 valence electrons. The summed E-state index contributed by atoms with van der Waals surface area (Å²) in [4.78, 5) is 13.5. The largest absolute Gasteiger partial charge is 0.493 e. The van der Waals surface area contributed by atoms with Crippen molar-refractivity contribution in [1.29, 1.82) is 0 Å². The van der Waals surface area contributed by atoms with Crippen molar-refractivity contribution < 1.29 is 42.0 Å². The van der Waals surface area contributed by atoms with E-state index < -0.39 is 17.6 Å². The zero-order valence-electron chi connectivity index (χ0n) is 21.6. The van der Waals surface area contributed by atoms with E-state index in [1.807, 2.05) is 18.2 Å². The molecule has 0 amide bonds. The first-order valence-corrected chi connectivity index (χ1v) is 12.2. The molecule has 4 aromatic carbocycles. The first-order valence-electron chi connectivity index (χ1n) is 12.2. The monoisotopic (exact) mass is 546 g/mol. The van der Waals surface area contributed by atoms with Crippen LogP contribution in [0.15, 0.2) is 83.3 Å². The Morgan fingerprint density at radius 1 is 0.825 bits per heavy atom. The Morgan fingerprint density at radius 3 is 2.23 bits per heavy atom. The summed E-state index contributed by atoms with van der Waals surface area (Å²) in [6.45, 7) is -0.702. The van der Waals surface area contributed by atoms with Gasteiger partial charge in [0.25, 0.3) is 0 Å². The van der Waals surface area contributed by atoms with E-state index in [4.69, 9.17) is 23.4 Å². The van der Waals surface area contributed by atoms with Crippen molar-refractivity contribution in [3.63, 3.8) is 0 Å². The second-order valence-corrected chi connectivity index (χ2v) is 8.77. The van der Waals surface area contributed by atoms with Gasteiger partial charge in [0.1, 0.15) is 35.3 Å². The number of methoxy groups -OCH3 is 2. The molecule has 0 saturated heterocycles. The van der Waals surface area contributed by atoms with E-state index in [2.05, 4.69) is 0 Å². The van der Waals surface area contributed by atoms with Gasteiger partial charge in [-0.3, -0.25) is 0 Å². The Kier molecular flexibility index (Phi) is 7.65. The number of halogens is 2. The van der Waals surface area contributed by atoms with Crippen LogP contribution in [0.4, 0.5) is 8.78 Å². The minimum Gasteiger partial charge on any atom is -0.493 e. The van der Waals surface area contributed by atoms with Gasteiger partial charge >= 0.3 is 5.97 Å². The molecule has 0 radical (unpaired) electrons. The number of ether oxygens (including phenoxy) is 4. The molecule has 1 heterocycles. The van der Waals surface area contributed by atoms with E-state index >= 15 is 0 Å². The van der Waals surface area contributed by atoms with Gasteiger partial charge in [0.2, 0.25) is 0 Å². The van der Waals surface area contributed by atoms with Crippen LogP contribution in [-0.2, 0) is 18.0 Å². The van der Waals surface area contributed by atoms with Crippen molar-refractivity contribution in [3.8, 4) is 34.3 Å². The van der Waals surface area contributed by atoms with Crippen LogP contribution in [0.5, 0.6) is 23.0 Å². The van der Waals surface area contributed by atoms with Crippen molar-refractivity contribution in [2.45, 2.75) is 13.2 Å². The third-order valence-corrected chi connectivity index (χ3v) is 6.11. The first kappa shape index (κ1) is 26.7. The summed E-state index contributed by atoms with van der Waals surface area (Å²) in [6.07, 6.45) is 0. The second kappa shape index (κ2) is 11.5. The van der Waals surface area contributed by atoms with E-state index in [0.29, 0.717) is 39.5 Å². The summed E-state index contributed by atoms with van der Waals surface area (Å²) in [5, 5.41) is 10.1. The molecule has 0 unspecified atom stereocenters. The van der Waals surface area contributed by atoms with Crippen LogP contribution in [0.25, 0.3) is 22.3 Å². The van der Waals surface area contributed by atoms with E-state index in [1.165, 1.54) is 14.2 Å². The Labute approximate surface area is 228 Å². The number of benzene rings is 4. The standard InChI is InChI=1S/C31H24F2O7/c1-36-26-14-20(8-9-25(26)39-23-6-4-3-5-7-23)29-28(24-12-18(16-34)13-27(37-2)30(24)40-29)31(35)38-17-19-10-21(32)15-22(33)11-19/h3-15,34H,16-17H2,1-2H3. The van der Waals surface area contributed by atoms with Crippen LogP contribution < -0.4 is 14.2 Å². The van der Waals surface area contributed by atoms with Crippen molar-refractivity contribution in [2.24, 2.45) is 0 Å². The third-order valence-electron chi connectivity index (χ3n) is 6.11. The van der Waals surface area contributed by atoms with E-state index in [1.54, 1.807) is 42.5 Å². The molecule has 0 saturated carbocycles. The van der Waals surface area contributed by atoms with Gasteiger partial charge in [-0.25, -0.2) is 13.6 Å². The van der Waals surface area contributed by atoms with Crippen molar-refractivity contribution >= 4 is 16.9 Å². The zero-order valence-corrected chi connectivity index (χ0v) is 21.6. The number of esters is 1. The Balaban J connectivity index is 1.59. The summed E-state index contributed by atoms with van der Waals surface area (Å²) in [7, 11) is 2.92. The normalized spacial score (nSPS) is 10.9. The lowest BCUT2D eigenvalue weighted by molar-refractivity contribution is 0.0474. The number of hydrogen-bond donors (Lipinski definition) is 1. The summed E-state index contributed by atoms with van der Waals surface area (Å²) in [6, 6.07) is 20.2. The predicted molar refractivity (Wildman–Crippen MR) is 143 cm³/mol. The molecule has 5 aromatic rings. The zero-order chi connectivity index (χ0) is 28.2. The van der Waals surface area contributed by atoms with Gasteiger partial charge in [-0.1, -0.05) is 18.2 Å². The van der Waals surface area contributed by atoms with Gasteiger partial charge in [-0.15, -0.1) is 0 Å². The van der Waals surface area contributed by atoms with Crippen molar-refractivity contribution in [2.75, 3.05) is 14.2 Å². The molecule has 0 aliphatic rings. The van der Waals surface area contributed by atoms with Gasteiger partial charge < -0.3 is 28.5 Å². The number of furan rings is 1.